The van der Waals surface area contributed by atoms with Crippen molar-refractivity contribution in [3.63, 3.8) is 0 Å². The Bertz CT molecular complexity index is 718. The molecule has 0 atom stereocenters. The van der Waals surface area contributed by atoms with Gasteiger partial charge in [0.1, 0.15) is 5.75 Å². The minimum absolute atomic E-state index is 0.177. The van der Waals surface area contributed by atoms with Gasteiger partial charge in [-0.15, -0.1) is 0 Å². The summed E-state index contributed by atoms with van der Waals surface area (Å²) in [4.78, 5) is 23.8. The molecule has 0 aliphatic heterocycles. The maximum atomic E-state index is 11.9. The van der Waals surface area contributed by atoms with Crippen LogP contribution in [0.5, 0.6) is 5.75 Å². The van der Waals surface area contributed by atoms with Crippen molar-refractivity contribution < 1.29 is 14.3 Å². The summed E-state index contributed by atoms with van der Waals surface area (Å²) in [5.41, 5.74) is 0.747. The predicted octanol–water partition coefficient (Wildman–Crippen LogP) is 3.97. The lowest BCUT2D eigenvalue weighted by molar-refractivity contribution is -0.132. The first kappa shape index (κ1) is 17.1. The molecule has 2 N–H and O–H groups in total. The maximum Gasteiger partial charge on any atom is 0.314 e. The Balaban J connectivity index is 1.99. The number of anilines is 2. The molecule has 5 nitrogen and oxygen atoms in total. The van der Waals surface area contributed by atoms with Gasteiger partial charge in [0, 0.05) is 5.69 Å². The van der Waals surface area contributed by atoms with Gasteiger partial charge in [-0.3, -0.25) is 9.59 Å². The lowest BCUT2D eigenvalue weighted by Gasteiger charge is -2.09. The van der Waals surface area contributed by atoms with Gasteiger partial charge in [-0.25, -0.2) is 0 Å². The molecule has 0 saturated carbocycles. The third-order valence-electron chi connectivity index (χ3n) is 2.83. The summed E-state index contributed by atoms with van der Waals surface area (Å²) < 4.78 is 5.30. The van der Waals surface area contributed by atoms with Crippen LogP contribution in [0.2, 0.25) is 10.0 Å². The smallest absolute Gasteiger partial charge is 0.314 e. The van der Waals surface area contributed by atoms with E-state index < -0.39 is 11.8 Å². The van der Waals surface area contributed by atoms with Gasteiger partial charge in [-0.1, -0.05) is 29.3 Å². The van der Waals surface area contributed by atoms with E-state index in [-0.39, 0.29) is 15.7 Å². The molecule has 0 saturated heterocycles. The van der Waals surface area contributed by atoms with Crippen molar-refractivity contribution in [2.45, 2.75) is 6.92 Å². The van der Waals surface area contributed by atoms with Crippen molar-refractivity contribution >= 4 is 46.4 Å². The van der Waals surface area contributed by atoms with Crippen LogP contribution in [-0.2, 0) is 9.59 Å². The molecular formula is C16H14Cl2N2O3. The quantitative estimate of drug-likeness (QED) is 0.818. The summed E-state index contributed by atoms with van der Waals surface area (Å²) in [6, 6.07) is 11.4. The molecule has 2 rings (SSSR count). The average Bonchev–Trinajstić information content (AvgIpc) is 2.54. The van der Waals surface area contributed by atoms with Crippen LogP contribution >= 0.6 is 23.2 Å². The van der Waals surface area contributed by atoms with E-state index in [9.17, 15) is 9.59 Å². The maximum absolute atomic E-state index is 11.9. The minimum atomic E-state index is -0.844. The van der Waals surface area contributed by atoms with Crippen LogP contribution in [0.4, 0.5) is 11.4 Å². The van der Waals surface area contributed by atoms with Crippen molar-refractivity contribution in [3.05, 3.63) is 52.5 Å². The predicted molar refractivity (Wildman–Crippen MR) is 91.3 cm³/mol. The Morgan fingerprint density at radius 2 is 1.65 bits per heavy atom. The summed E-state index contributed by atoms with van der Waals surface area (Å²) in [5.74, 6) is -0.978. The molecule has 2 aromatic rings. The first-order valence-corrected chi connectivity index (χ1v) is 7.56. The van der Waals surface area contributed by atoms with E-state index in [2.05, 4.69) is 10.6 Å². The zero-order valence-corrected chi connectivity index (χ0v) is 13.7. The molecule has 7 heteroatoms. The van der Waals surface area contributed by atoms with Crippen LogP contribution in [-0.4, -0.2) is 18.4 Å². The highest BCUT2D eigenvalue weighted by molar-refractivity contribution is 6.47. The third kappa shape index (κ3) is 4.61. The molecular weight excluding hydrogens is 339 g/mol. The Hall–Kier alpha value is -2.24. The largest absolute Gasteiger partial charge is 0.494 e. The second kappa shape index (κ2) is 7.85. The summed E-state index contributed by atoms with van der Waals surface area (Å²) in [5, 5.41) is 5.36. The highest BCUT2D eigenvalue weighted by Gasteiger charge is 2.16. The molecule has 0 fully saturated rings. The highest BCUT2D eigenvalue weighted by atomic mass is 35.5. The van der Waals surface area contributed by atoms with E-state index in [1.807, 2.05) is 6.92 Å². The van der Waals surface area contributed by atoms with Gasteiger partial charge in [0.25, 0.3) is 0 Å². The van der Waals surface area contributed by atoms with Gasteiger partial charge in [-0.05, 0) is 43.3 Å². The molecule has 0 aromatic heterocycles. The number of benzene rings is 2. The highest BCUT2D eigenvalue weighted by Crippen LogP contribution is 2.29. The van der Waals surface area contributed by atoms with E-state index in [1.54, 1.807) is 42.5 Å². The van der Waals surface area contributed by atoms with Crippen LogP contribution in [0, 0.1) is 0 Å². The van der Waals surface area contributed by atoms with Crippen LogP contribution < -0.4 is 15.4 Å². The fourth-order valence-corrected chi connectivity index (χ4v) is 2.12. The number of nitrogens with one attached hydrogen (secondary N) is 2. The fraction of sp³-hybridized carbons (Fsp3) is 0.125. The molecule has 0 unspecified atom stereocenters. The van der Waals surface area contributed by atoms with Gasteiger partial charge in [0.05, 0.1) is 22.3 Å². The summed E-state index contributed by atoms with van der Waals surface area (Å²) >= 11 is 11.8. The average molecular weight is 353 g/mol. The standard InChI is InChI=1S/C16H14Cl2N2O3/c1-2-23-11-8-6-10(7-9-11)19-15(21)16(22)20-13-5-3-4-12(17)14(13)18/h3-9H,2H2,1H3,(H,19,21)(H,20,22). The summed E-state index contributed by atoms with van der Waals surface area (Å²) in [6.45, 7) is 2.43. The van der Waals surface area contributed by atoms with E-state index in [0.717, 1.165) is 0 Å². The second-order valence-corrected chi connectivity index (χ2v) is 5.25. The van der Waals surface area contributed by atoms with Gasteiger partial charge in [0.15, 0.2) is 0 Å². The third-order valence-corrected chi connectivity index (χ3v) is 3.65. The van der Waals surface area contributed by atoms with E-state index in [0.29, 0.717) is 18.0 Å². The van der Waals surface area contributed by atoms with Gasteiger partial charge in [0.2, 0.25) is 0 Å². The Morgan fingerprint density at radius 1 is 1.00 bits per heavy atom. The van der Waals surface area contributed by atoms with Crippen molar-refractivity contribution in [2.75, 3.05) is 17.2 Å². The Labute approximate surface area is 143 Å². The molecule has 0 spiro atoms. The zero-order chi connectivity index (χ0) is 16.8. The van der Waals surface area contributed by atoms with Crippen molar-refractivity contribution in [1.29, 1.82) is 0 Å². The number of hydrogen-bond donors (Lipinski definition) is 2. The van der Waals surface area contributed by atoms with E-state index in [1.165, 1.54) is 0 Å². The monoisotopic (exact) mass is 352 g/mol. The number of carbonyl (C=O) groups excluding carboxylic acids is 2. The molecule has 0 aliphatic carbocycles. The molecule has 2 aromatic carbocycles. The minimum Gasteiger partial charge on any atom is -0.494 e. The van der Waals surface area contributed by atoms with Gasteiger partial charge >= 0.3 is 11.8 Å². The van der Waals surface area contributed by atoms with Gasteiger partial charge in [-0.2, -0.15) is 0 Å². The SMILES string of the molecule is CCOc1ccc(NC(=O)C(=O)Nc2cccc(Cl)c2Cl)cc1. The molecule has 120 valence electrons. The summed E-state index contributed by atoms with van der Waals surface area (Å²) in [6.07, 6.45) is 0. The van der Waals surface area contributed by atoms with Crippen LogP contribution in [0.25, 0.3) is 0 Å². The molecule has 0 heterocycles. The van der Waals surface area contributed by atoms with E-state index >= 15 is 0 Å². The van der Waals surface area contributed by atoms with Crippen LogP contribution in [0.15, 0.2) is 42.5 Å². The van der Waals surface area contributed by atoms with E-state index in [4.69, 9.17) is 27.9 Å². The lowest BCUT2D eigenvalue weighted by atomic mass is 10.3. The lowest BCUT2D eigenvalue weighted by Crippen LogP contribution is -2.29. The first-order valence-electron chi connectivity index (χ1n) is 6.80. The normalized spacial score (nSPS) is 10.0. The van der Waals surface area contributed by atoms with Crippen LogP contribution in [0.1, 0.15) is 6.92 Å². The number of halogens is 2. The number of carbonyl (C=O) groups is 2. The molecule has 2 amide bonds. The number of amides is 2. The second-order valence-electron chi connectivity index (χ2n) is 4.47. The fourth-order valence-electron chi connectivity index (χ4n) is 1.77. The number of hydrogen-bond acceptors (Lipinski definition) is 3. The molecule has 0 bridgehead atoms. The summed E-state index contributed by atoms with van der Waals surface area (Å²) in [7, 11) is 0. The molecule has 0 radical (unpaired) electrons. The molecule has 23 heavy (non-hydrogen) atoms. The van der Waals surface area contributed by atoms with Crippen molar-refractivity contribution in [3.8, 4) is 5.75 Å². The number of rotatable bonds is 4. The first-order chi connectivity index (χ1) is 11.0. The topological polar surface area (TPSA) is 67.4 Å². The Kier molecular flexibility index (Phi) is 5.84. The molecule has 0 aliphatic rings. The van der Waals surface area contributed by atoms with Crippen molar-refractivity contribution in [2.24, 2.45) is 0 Å². The van der Waals surface area contributed by atoms with Crippen LogP contribution in [0.3, 0.4) is 0 Å². The van der Waals surface area contributed by atoms with Crippen molar-refractivity contribution in [1.82, 2.24) is 0 Å². The van der Waals surface area contributed by atoms with Gasteiger partial charge < -0.3 is 15.4 Å². The zero-order valence-electron chi connectivity index (χ0n) is 12.2. The number of ether oxygens (including phenoxy) is 1. The Morgan fingerprint density at radius 3 is 2.30 bits per heavy atom.